The van der Waals surface area contributed by atoms with Crippen LogP contribution in [-0.2, 0) is 0 Å². The lowest BCUT2D eigenvalue weighted by Crippen LogP contribution is -2.03. The Hall–Kier alpha value is -2.62. The maximum absolute atomic E-state index is 5.21. The van der Waals surface area contributed by atoms with E-state index in [-0.39, 0.29) is 0 Å². The third kappa shape index (κ3) is 2.37. The van der Waals surface area contributed by atoms with E-state index in [0.29, 0.717) is 0 Å². The second-order valence-electron chi connectivity index (χ2n) is 5.41. The molecule has 0 saturated carbocycles. The van der Waals surface area contributed by atoms with Crippen molar-refractivity contribution in [1.29, 1.82) is 0 Å². The molecule has 3 rings (SSSR count). The summed E-state index contributed by atoms with van der Waals surface area (Å²) in [6.45, 7) is 6.38. The van der Waals surface area contributed by atoms with Gasteiger partial charge in [-0.3, -0.25) is 0 Å². The van der Waals surface area contributed by atoms with Gasteiger partial charge in [0.15, 0.2) is 0 Å². The zero-order chi connectivity index (χ0) is 15.7. The minimum Gasteiger partial charge on any atom is -0.497 e. The lowest BCUT2D eigenvalue weighted by Gasteiger charge is -2.13. The Balaban J connectivity index is 2.11. The highest BCUT2D eigenvalue weighted by Crippen LogP contribution is 2.27. The fourth-order valence-electron chi connectivity index (χ4n) is 2.54. The molecule has 2 aromatic carbocycles. The third-order valence-corrected chi connectivity index (χ3v) is 4.19. The third-order valence-electron chi connectivity index (χ3n) is 4.19. The molecule has 0 aliphatic heterocycles. The largest absolute Gasteiger partial charge is 0.497 e. The lowest BCUT2D eigenvalue weighted by molar-refractivity contribution is 0.415. The number of nitrogens with zero attached hydrogens (tertiary/aromatic N) is 3. The van der Waals surface area contributed by atoms with E-state index in [1.54, 1.807) is 13.3 Å². The van der Waals surface area contributed by atoms with Gasteiger partial charge in [0, 0.05) is 5.56 Å². The maximum atomic E-state index is 5.21. The van der Waals surface area contributed by atoms with E-state index in [1.165, 1.54) is 16.7 Å². The van der Waals surface area contributed by atoms with Gasteiger partial charge in [-0.2, -0.15) is 0 Å². The number of rotatable bonds is 3. The highest BCUT2D eigenvalue weighted by Gasteiger charge is 2.12. The molecular formula is C18H19N3O. The lowest BCUT2D eigenvalue weighted by atomic mass is 10.0. The first kappa shape index (κ1) is 14.3. The van der Waals surface area contributed by atoms with Crippen molar-refractivity contribution in [3.05, 3.63) is 59.3 Å². The topological polar surface area (TPSA) is 39.9 Å². The summed E-state index contributed by atoms with van der Waals surface area (Å²) in [7, 11) is 1.67. The minimum absolute atomic E-state index is 0.838. The molecular weight excluding hydrogens is 274 g/mol. The molecule has 1 heterocycles. The molecule has 1 aromatic heterocycles. The average molecular weight is 293 g/mol. The molecule has 4 heteroatoms. The van der Waals surface area contributed by atoms with Crippen LogP contribution in [0.3, 0.4) is 0 Å². The van der Waals surface area contributed by atoms with Gasteiger partial charge in [0.05, 0.1) is 24.7 Å². The monoisotopic (exact) mass is 293 g/mol. The van der Waals surface area contributed by atoms with Crippen LogP contribution < -0.4 is 4.74 Å². The summed E-state index contributed by atoms with van der Waals surface area (Å²) in [5, 5.41) is 8.36. The molecule has 0 spiro atoms. The van der Waals surface area contributed by atoms with Crippen molar-refractivity contribution in [3.8, 4) is 22.7 Å². The summed E-state index contributed by atoms with van der Waals surface area (Å²) < 4.78 is 7.10. The molecule has 0 amide bonds. The second-order valence-corrected chi connectivity index (χ2v) is 5.41. The van der Waals surface area contributed by atoms with Gasteiger partial charge in [-0.25, -0.2) is 4.68 Å². The van der Waals surface area contributed by atoms with Crippen molar-refractivity contribution in [3.63, 3.8) is 0 Å². The highest BCUT2D eigenvalue weighted by atomic mass is 16.5. The standard InChI is InChI=1S/C18H19N3O/c1-12-5-10-17(14(3)13(12)2)21-18(11-19-20-21)15-6-8-16(22-4)9-7-15/h5-11H,1-4H3. The summed E-state index contributed by atoms with van der Waals surface area (Å²) in [5.41, 5.74) is 6.88. The van der Waals surface area contributed by atoms with E-state index in [0.717, 1.165) is 22.7 Å². The van der Waals surface area contributed by atoms with Crippen LogP contribution in [-0.4, -0.2) is 22.1 Å². The average Bonchev–Trinajstić information content (AvgIpc) is 3.02. The van der Waals surface area contributed by atoms with Gasteiger partial charge in [0.2, 0.25) is 0 Å². The van der Waals surface area contributed by atoms with Crippen LogP contribution in [0.2, 0.25) is 0 Å². The van der Waals surface area contributed by atoms with Gasteiger partial charge < -0.3 is 4.74 Å². The van der Waals surface area contributed by atoms with Crippen LogP contribution in [0.15, 0.2) is 42.6 Å². The van der Waals surface area contributed by atoms with Gasteiger partial charge in [0.1, 0.15) is 5.75 Å². The van der Waals surface area contributed by atoms with Gasteiger partial charge in [-0.1, -0.05) is 11.3 Å². The predicted octanol–water partition coefficient (Wildman–Crippen LogP) is 3.87. The fourth-order valence-corrected chi connectivity index (χ4v) is 2.54. The molecule has 112 valence electrons. The molecule has 0 bridgehead atoms. The second kappa shape index (κ2) is 5.64. The van der Waals surface area contributed by atoms with Crippen LogP contribution in [0.25, 0.3) is 16.9 Å². The summed E-state index contributed by atoms with van der Waals surface area (Å²) in [4.78, 5) is 0. The first-order chi connectivity index (χ1) is 10.6. The Morgan fingerprint density at radius 3 is 2.32 bits per heavy atom. The van der Waals surface area contributed by atoms with Crippen LogP contribution in [0, 0.1) is 20.8 Å². The van der Waals surface area contributed by atoms with Crippen LogP contribution in [0.5, 0.6) is 5.75 Å². The molecule has 0 fully saturated rings. The molecule has 0 saturated heterocycles. The summed E-state index contributed by atoms with van der Waals surface area (Å²) >= 11 is 0. The van der Waals surface area contributed by atoms with Crippen LogP contribution in [0.1, 0.15) is 16.7 Å². The Kier molecular flexibility index (Phi) is 3.67. The molecule has 0 aliphatic rings. The Morgan fingerprint density at radius 2 is 1.64 bits per heavy atom. The van der Waals surface area contributed by atoms with Crippen molar-refractivity contribution in [2.75, 3.05) is 7.11 Å². The van der Waals surface area contributed by atoms with Crippen molar-refractivity contribution in [2.45, 2.75) is 20.8 Å². The SMILES string of the molecule is COc1ccc(-c2cnnn2-c2ccc(C)c(C)c2C)cc1. The van der Waals surface area contributed by atoms with Gasteiger partial charge >= 0.3 is 0 Å². The molecule has 3 aromatic rings. The van der Waals surface area contributed by atoms with E-state index >= 15 is 0 Å². The summed E-state index contributed by atoms with van der Waals surface area (Å²) in [5.74, 6) is 0.838. The van der Waals surface area contributed by atoms with Crippen LogP contribution >= 0.6 is 0 Å². The first-order valence-electron chi connectivity index (χ1n) is 7.24. The Morgan fingerprint density at radius 1 is 0.909 bits per heavy atom. The van der Waals surface area contributed by atoms with E-state index in [4.69, 9.17) is 4.74 Å². The van der Waals surface area contributed by atoms with Crippen molar-refractivity contribution in [2.24, 2.45) is 0 Å². The highest BCUT2D eigenvalue weighted by molar-refractivity contribution is 5.63. The van der Waals surface area contributed by atoms with Crippen molar-refractivity contribution >= 4 is 0 Å². The zero-order valence-electron chi connectivity index (χ0n) is 13.3. The van der Waals surface area contributed by atoms with Gasteiger partial charge in [-0.05, 0) is 67.8 Å². The minimum atomic E-state index is 0.838. The number of benzene rings is 2. The molecule has 0 atom stereocenters. The molecule has 0 aliphatic carbocycles. The van der Waals surface area contributed by atoms with E-state index < -0.39 is 0 Å². The number of hydrogen-bond donors (Lipinski definition) is 0. The normalized spacial score (nSPS) is 10.7. The van der Waals surface area contributed by atoms with Crippen LogP contribution in [0.4, 0.5) is 0 Å². The fraction of sp³-hybridized carbons (Fsp3) is 0.222. The zero-order valence-corrected chi connectivity index (χ0v) is 13.3. The van der Waals surface area contributed by atoms with E-state index in [1.807, 2.05) is 28.9 Å². The predicted molar refractivity (Wildman–Crippen MR) is 87.6 cm³/mol. The van der Waals surface area contributed by atoms with Crippen molar-refractivity contribution < 1.29 is 4.74 Å². The number of hydrogen-bond acceptors (Lipinski definition) is 3. The molecule has 4 nitrogen and oxygen atoms in total. The molecule has 0 radical (unpaired) electrons. The van der Waals surface area contributed by atoms with E-state index in [2.05, 4.69) is 43.2 Å². The quantitative estimate of drug-likeness (QED) is 0.736. The molecule has 22 heavy (non-hydrogen) atoms. The van der Waals surface area contributed by atoms with E-state index in [9.17, 15) is 0 Å². The Bertz CT molecular complexity index is 804. The number of methoxy groups -OCH3 is 1. The van der Waals surface area contributed by atoms with Gasteiger partial charge in [-0.15, -0.1) is 5.10 Å². The smallest absolute Gasteiger partial charge is 0.118 e. The number of aryl methyl sites for hydroxylation is 1. The molecule has 0 unspecified atom stereocenters. The number of ether oxygens (including phenoxy) is 1. The maximum Gasteiger partial charge on any atom is 0.118 e. The summed E-state index contributed by atoms with van der Waals surface area (Å²) in [6, 6.07) is 12.1. The first-order valence-corrected chi connectivity index (χ1v) is 7.24. The number of aromatic nitrogens is 3. The molecule has 0 N–H and O–H groups in total. The summed E-state index contributed by atoms with van der Waals surface area (Å²) in [6.07, 6.45) is 1.79. The Labute approximate surface area is 130 Å². The van der Waals surface area contributed by atoms with Gasteiger partial charge in [0.25, 0.3) is 0 Å². The van der Waals surface area contributed by atoms with Crippen molar-refractivity contribution in [1.82, 2.24) is 15.0 Å².